The summed E-state index contributed by atoms with van der Waals surface area (Å²) in [5.41, 5.74) is 0. The fourth-order valence-electron chi connectivity index (χ4n) is 2.68. The standard InChI is InChI=1S/C16H33O5P/c1-4-6-8-10-12-14-16(21-15(3)17,22(18,19)20)13-11-9-7-5-2/h4-14H2,1-3H3,(H2,18,19,20). The van der Waals surface area contributed by atoms with Crippen LogP contribution in [0.1, 0.15) is 91.4 Å². The van der Waals surface area contributed by atoms with Crippen molar-refractivity contribution >= 4 is 13.6 Å². The van der Waals surface area contributed by atoms with Crippen molar-refractivity contribution in [1.82, 2.24) is 0 Å². The van der Waals surface area contributed by atoms with Crippen LogP contribution in [-0.4, -0.2) is 21.1 Å². The molecule has 6 heteroatoms. The normalized spacial score (nSPS) is 14.6. The van der Waals surface area contributed by atoms with Gasteiger partial charge in [0.05, 0.1) is 0 Å². The minimum absolute atomic E-state index is 0.241. The number of ether oxygens (including phenoxy) is 1. The van der Waals surface area contributed by atoms with E-state index in [1.165, 1.54) is 6.92 Å². The van der Waals surface area contributed by atoms with Crippen LogP contribution in [0, 0.1) is 0 Å². The maximum Gasteiger partial charge on any atom is 0.368 e. The summed E-state index contributed by atoms with van der Waals surface area (Å²) < 4.78 is 17.2. The molecule has 1 unspecified atom stereocenters. The first-order chi connectivity index (χ1) is 10.3. The molecule has 0 radical (unpaired) electrons. The Morgan fingerprint density at radius 3 is 1.68 bits per heavy atom. The second kappa shape index (κ2) is 11.2. The topological polar surface area (TPSA) is 83.8 Å². The molecule has 22 heavy (non-hydrogen) atoms. The molecule has 0 heterocycles. The van der Waals surface area contributed by atoms with Gasteiger partial charge in [-0.2, -0.15) is 0 Å². The number of unbranched alkanes of at least 4 members (excludes halogenated alkanes) is 7. The van der Waals surface area contributed by atoms with E-state index >= 15 is 0 Å². The molecule has 0 aromatic rings. The number of hydrogen-bond donors (Lipinski definition) is 2. The van der Waals surface area contributed by atoms with Crippen molar-refractivity contribution in [3.63, 3.8) is 0 Å². The molecule has 1 atom stereocenters. The van der Waals surface area contributed by atoms with E-state index in [0.717, 1.165) is 44.9 Å². The number of carbonyl (C=O) groups excluding carboxylic acids is 1. The van der Waals surface area contributed by atoms with E-state index in [1.807, 2.05) is 0 Å². The quantitative estimate of drug-likeness (QED) is 0.288. The first-order valence-electron chi connectivity index (χ1n) is 8.54. The smallest absolute Gasteiger partial charge is 0.368 e. The third kappa shape index (κ3) is 8.30. The molecule has 0 saturated heterocycles. The SMILES string of the molecule is CCCCCCCC(CCCCCC)(OC(C)=O)P(=O)(O)O. The maximum atomic E-state index is 12.0. The second-order valence-corrected chi connectivity index (χ2v) is 7.96. The highest BCUT2D eigenvalue weighted by molar-refractivity contribution is 7.53. The van der Waals surface area contributed by atoms with Crippen LogP contribution in [-0.2, 0) is 14.1 Å². The highest BCUT2D eigenvalue weighted by Gasteiger charge is 2.49. The Balaban J connectivity index is 4.80. The van der Waals surface area contributed by atoms with Gasteiger partial charge in [-0.05, 0) is 25.7 Å². The van der Waals surface area contributed by atoms with E-state index in [4.69, 9.17) is 4.74 Å². The number of hydrogen-bond acceptors (Lipinski definition) is 3. The first kappa shape index (κ1) is 21.6. The van der Waals surface area contributed by atoms with Crippen molar-refractivity contribution in [2.45, 2.75) is 96.7 Å². The third-order valence-electron chi connectivity index (χ3n) is 3.96. The van der Waals surface area contributed by atoms with Gasteiger partial charge in [0.25, 0.3) is 0 Å². The average molecular weight is 336 g/mol. The zero-order valence-electron chi connectivity index (χ0n) is 14.3. The summed E-state index contributed by atoms with van der Waals surface area (Å²) in [5, 5.41) is -1.63. The molecule has 0 aliphatic heterocycles. The van der Waals surface area contributed by atoms with Gasteiger partial charge in [0.2, 0.25) is 5.34 Å². The Kier molecular flexibility index (Phi) is 11.0. The van der Waals surface area contributed by atoms with Crippen molar-refractivity contribution in [1.29, 1.82) is 0 Å². The number of rotatable bonds is 13. The Labute approximate surface area is 135 Å². The maximum absolute atomic E-state index is 12.0. The molecule has 0 fully saturated rings. The summed E-state index contributed by atoms with van der Waals surface area (Å²) in [6.45, 7) is 5.41. The van der Waals surface area contributed by atoms with E-state index in [0.29, 0.717) is 12.8 Å². The lowest BCUT2D eigenvalue weighted by Crippen LogP contribution is -2.34. The van der Waals surface area contributed by atoms with E-state index in [1.54, 1.807) is 0 Å². The van der Waals surface area contributed by atoms with Crippen LogP contribution in [0.2, 0.25) is 0 Å². The van der Waals surface area contributed by atoms with Crippen molar-refractivity contribution in [3.8, 4) is 0 Å². The summed E-state index contributed by atoms with van der Waals surface area (Å²) in [5.74, 6) is -0.618. The van der Waals surface area contributed by atoms with E-state index in [2.05, 4.69) is 13.8 Å². The van der Waals surface area contributed by atoms with Crippen LogP contribution in [0.15, 0.2) is 0 Å². The second-order valence-electron chi connectivity index (χ2n) is 6.06. The van der Waals surface area contributed by atoms with Crippen LogP contribution in [0.3, 0.4) is 0 Å². The van der Waals surface area contributed by atoms with Crippen LogP contribution in [0.4, 0.5) is 0 Å². The Bertz CT molecular complexity index is 352. The minimum atomic E-state index is -4.51. The molecule has 0 aliphatic rings. The van der Waals surface area contributed by atoms with Crippen molar-refractivity contribution in [2.75, 3.05) is 0 Å². The van der Waals surface area contributed by atoms with Crippen LogP contribution in [0.25, 0.3) is 0 Å². The molecule has 0 amide bonds. The molecule has 5 nitrogen and oxygen atoms in total. The molecular weight excluding hydrogens is 303 g/mol. The summed E-state index contributed by atoms with van der Waals surface area (Å²) in [7, 11) is -4.51. The van der Waals surface area contributed by atoms with Gasteiger partial charge >= 0.3 is 13.6 Å². The molecule has 0 aromatic carbocycles. The van der Waals surface area contributed by atoms with Gasteiger partial charge in [0.15, 0.2) is 0 Å². The summed E-state index contributed by atoms with van der Waals surface area (Å²) in [6.07, 6.45) is 8.98. The van der Waals surface area contributed by atoms with E-state index in [-0.39, 0.29) is 12.8 Å². The van der Waals surface area contributed by atoms with Gasteiger partial charge < -0.3 is 14.5 Å². The summed E-state index contributed by atoms with van der Waals surface area (Å²) in [6, 6.07) is 0. The largest absolute Gasteiger partial charge is 0.446 e. The van der Waals surface area contributed by atoms with Gasteiger partial charge in [0, 0.05) is 6.92 Å². The van der Waals surface area contributed by atoms with Crippen molar-refractivity contribution in [2.24, 2.45) is 0 Å². The van der Waals surface area contributed by atoms with Crippen LogP contribution < -0.4 is 0 Å². The zero-order chi connectivity index (χ0) is 17.1. The minimum Gasteiger partial charge on any atom is -0.446 e. The lowest BCUT2D eigenvalue weighted by molar-refractivity contribution is -0.152. The van der Waals surface area contributed by atoms with E-state index in [9.17, 15) is 19.1 Å². The van der Waals surface area contributed by atoms with Crippen molar-refractivity contribution in [3.05, 3.63) is 0 Å². The Morgan fingerprint density at radius 1 is 0.909 bits per heavy atom. The fraction of sp³-hybridized carbons (Fsp3) is 0.938. The van der Waals surface area contributed by atoms with Gasteiger partial charge in [-0.25, -0.2) is 0 Å². The monoisotopic (exact) mass is 336 g/mol. The molecule has 0 spiro atoms. The van der Waals surface area contributed by atoms with E-state index < -0.39 is 18.9 Å². The van der Waals surface area contributed by atoms with Crippen molar-refractivity contribution < 1.29 is 23.9 Å². The number of carbonyl (C=O) groups is 1. The van der Waals surface area contributed by atoms with Gasteiger partial charge in [-0.3, -0.25) is 9.36 Å². The Hall–Kier alpha value is -0.380. The predicted octanol–water partition coefficient (Wildman–Crippen LogP) is 4.75. The fourth-order valence-corrected chi connectivity index (χ4v) is 3.82. The average Bonchev–Trinajstić information content (AvgIpc) is 2.41. The summed E-state index contributed by atoms with van der Waals surface area (Å²) in [4.78, 5) is 30.9. The first-order valence-corrected chi connectivity index (χ1v) is 10.2. The molecule has 2 N–H and O–H groups in total. The summed E-state index contributed by atoms with van der Waals surface area (Å²) >= 11 is 0. The molecule has 0 rings (SSSR count). The lowest BCUT2D eigenvalue weighted by atomic mass is 10.0. The van der Waals surface area contributed by atoms with Gasteiger partial charge in [-0.15, -0.1) is 0 Å². The molecule has 0 aromatic heterocycles. The molecule has 0 saturated carbocycles. The zero-order valence-corrected chi connectivity index (χ0v) is 15.2. The third-order valence-corrected chi connectivity index (χ3v) is 5.56. The predicted molar refractivity (Wildman–Crippen MR) is 88.7 cm³/mol. The molecular formula is C16H33O5P. The molecule has 0 aliphatic carbocycles. The van der Waals surface area contributed by atoms with Gasteiger partial charge in [0.1, 0.15) is 0 Å². The highest BCUT2D eigenvalue weighted by Crippen LogP contribution is 2.56. The molecule has 132 valence electrons. The van der Waals surface area contributed by atoms with Gasteiger partial charge in [-0.1, -0.05) is 58.8 Å². The highest BCUT2D eigenvalue weighted by atomic mass is 31.2. The Morgan fingerprint density at radius 2 is 1.32 bits per heavy atom. The van der Waals surface area contributed by atoms with Crippen LogP contribution >= 0.6 is 7.60 Å². The number of esters is 1. The molecule has 0 bridgehead atoms. The lowest BCUT2D eigenvalue weighted by Gasteiger charge is -2.33. The van der Waals surface area contributed by atoms with Crippen LogP contribution in [0.5, 0.6) is 0 Å².